The number of halogens is 6. The molecular weight excluding hydrogens is 494 g/mol. The van der Waals surface area contributed by atoms with Crippen molar-refractivity contribution >= 4 is 44.7 Å². The van der Waals surface area contributed by atoms with Crippen molar-refractivity contribution in [1.82, 2.24) is 29.6 Å². The minimum absolute atomic E-state index is 0.0141. The monoisotopic (exact) mass is 510 g/mol. The number of allylic oxidation sites excluding steroid dienone is 1. The fourth-order valence-electron chi connectivity index (χ4n) is 2.89. The van der Waals surface area contributed by atoms with Crippen LogP contribution in [-0.4, -0.2) is 39.4 Å². The molecule has 1 unspecified atom stereocenters. The van der Waals surface area contributed by atoms with E-state index >= 15 is 0 Å². The first kappa shape index (κ1) is 24.8. The number of aromatic nitrogens is 5. The van der Waals surface area contributed by atoms with Crippen LogP contribution in [0.2, 0.25) is 0 Å². The first-order chi connectivity index (χ1) is 15.2. The van der Waals surface area contributed by atoms with Crippen molar-refractivity contribution in [2.24, 2.45) is 7.05 Å². The number of nitrogens with one attached hydrogen (secondary N) is 1. The topological polar surface area (TPSA) is 77.6 Å². The number of nitrogens with zero attached hydrogens (tertiary/aromatic N) is 5. The normalized spacial score (nSPS) is 14.3. The second kappa shape index (κ2) is 8.85. The maximum absolute atomic E-state index is 13.0. The van der Waals surface area contributed by atoms with Gasteiger partial charge in [0.25, 0.3) is 0 Å². The van der Waals surface area contributed by atoms with Crippen molar-refractivity contribution in [2.75, 3.05) is 5.75 Å². The van der Waals surface area contributed by atoms with Gasteiger partial charge in [-0.25, -0.2) is 14.6 Å². The zero-order valence-corrected chi connectivity index (χ0v) is 18.9. The Morgan fingerprint density at radius 3 is 2.36 bits per heavy atom. The van der Waals surface area contributed by atoms with Gasteiger partial charge in [0.15, 0.2) is 10.8 Å². The lowest BCUT2D eigenvalue weighted by atomic mass is 10.3. The summed E-state index contributed by atoms with van der Waals surface area (Å²) in [7, 11) is -0.141. The summed E-state index contributed by atoms with van der Waals surface area (Å²) >= 11 is 5.12. The van der Waals surface area contributed by atoms with Gasteiger partial charge in [-0.1, -0.05) is 6.92 Å². The van der Waals surface area contributed by atoms with E-state index in [-0.39, 0.29) is 32.8 Å². The number of thiocarbonyl (C=S) groups is 1. The Morgan fingerprint density at radius 2 is 1.82 bits per heavy atom. The molecule has 3 aromatic rings. The molecule has 0 radical (unpaired) electrons. The number of rotatable bonds is 4. The summed E-state index contributed by atoms with van der Waals surface area (Å²) in [6, 6.07) is 1.53. The molecule has 0 fully saturated rings. The van der Waals surface area contributed by atoms with E-state index in [0.29, 0.717) is 5.52 Å². The summed E-state index contributed by atoms with van der Waals surface area (Å²) in [5, 5.41) is 5.78. The molecule has 3 rings (SSSR count). The molecule has 33 heavy (non-hydrogen) atoms. The van der Waals surface area contributed by atoms with Gasteiger partial charge in [0.1, 0.15) is 16.5 Å². The Hall–Kier alpha value is -2.81. The van der Waals surface area contributed by atoms with Gasteiger partial charge in [0.2, 0.25) is 0 Å². The van der Waals surface area contributed by atoms with Crippen molar-refractivity contribution in [3.8, 4) is 0 Å². The maximum atomic E-state index is 13.0. The van der Waals surface area contributed by atoms with E-state index in [0.717, 1.165) is 29.2 Å². The summed E-state index contributed by atoms with van der Waals surface area (Å²) < 4.78 is 92.4. The quantitative estimate of drug-likeness (QED) is 0.421. The van der Waals surface area contributed by atoms with E-state index in [9.17, 15) is 30.6 Å². The van der Waals surface area contributed by atoms with Gasteiger partial charge in [-0.05, 0) is 31.3 Å². The molecule has 3 heterocycles. The van der Waals surface area contributed by atoms with E-state index in [1.54, 1.807) is 6.92 Å². The first-order valence-corrected chi connectivity index (χ1v) is 10.9. The van der Waals surface area contributed by atoms with Crippen LogP contribution in [0.3, 0.4) is 0 Å². The molecule has 0 aromatic carbocycles. The minimum Gasteiger partial charge on any atom is -0.326 e. The summed E-state index contributed by atoms with van der Waals surface area (Å²) in [6.45, 7) is 3.13. The molecular formula is C18H16F6N6OS2. The zero-order valence-electron chi connectivity index (χ0n) is 17.2. The van der Waals surface area contributed by atoms with Crippen LogP contribution in [-0.2, 0) is 30.2 Å². The number of alkyl halides is 6. The highest BCUT2D eigenvalue weighted by atomic mass is 32.2. The van der Waals surface area contributed by atoms with E-state index in [2.05, 4.69) is 20.4 Å². The number of pyridine rings is 1. The second-order valence-electron chi connectivity index (χ2n) is 6.71. The molecule has 3 aromatic heterocycles. The number of imidazole rings is 1. The second-order valence-corrected chi connectivity index (χ2v) is 8.78. The highest BCUT2D eigenvalue weighted by Crippen LogP contribution is 2.31. The smallest absolute Gasteiger partial charge is 0.326 e. The van der Waals surface area contributed by atoms with E-state index < -0.39 is 34.5 Å². The molecule has 0 amide bonds. The SMILES string of the molecule is CCS(=O)/C(NC(=S)n1ccc(C(F)(F)F)n1)=C(/C)c1nc2cc(C(F)(F)F)ncc2n1C. The van der Waals surface area contributed by atoms with Crippen LogP contribution in [0.15, 0.2) is 29.6 Å². The van der Waals surface area contributed by atoms with Crippen LogP contribution < -0.4 is 5.32 Å². The maximum Gasteiger partial charge on any atom is 0.435 e. The van der Waals surface area contributed by atoms with Crippen molar-refractivity contribution < 1.29 is 30.6 Å². The predicted molar refractivity (Wildman–Crippen MR) is 113 cm³/mol. The third-order valence-corrected chi connectivity index (χ3v) is 6.21. The lowest BCUT2D eigenvalue weighted by molar-refractivity contribution is -0.142. The summed E-state index contributed by atoms with van der Waals surface area (Å²) in [6.07, 6.45) is -7.30. The average molecular weight is 510 g/mol. The van der Waals surface area contributed by atoms with E-state index in [1.807, 2.05) is 0 Å². The summed E-state index contributed by atoms with van der Waals surface area (Å²) in [5.41, 5.74) is -1.69. The molecule has 0 spiro atoms. The molecule has 15 heteroatoms. The third-order valence-electron chi connectivity index (χ3n) is 4.53. The van der Waals surface area contributed by atoms with Gasteiger partial charge in [0.05, 0.1) is 28.0 Å². The highest BCUT2D eigenvalue weighted by molar-refractivity contribution is 7.89. The molecule has 0 aliphatic heterocycles. The van der Waals surface area contributed by atoms with Crippen molar-refractivity contribution in [2.45, 2.75) is 26.2 Å². The van der Waals surface area contributed by atoms with Crippen LogP contribution >= 0.6 is 12.2 Å². The molecule has 7 nitrogen and oxygen atoms in total. The molecule has 0 saturated heterocycles. The molecule has 0 bridgehead atoms. The van der Waals surface area contributed by atoms with Gasteiger partial charge in [-0.3, -0.25) is 4.21 Å². The van der Waals surface area contributed by atoms with Crippen molar-refractivity contribution in [3.05, 3.63) is 46.8 Å². The number of hydrogen-bond donors (Lipinski definition) is 1. The minimum atomic E-state index is -4.67. The number of fused-ring (bicyclic) bond motifs is 1. The Bertz CT molecular complexity index is 1270. The molecule has 1 atom stereocenters. The van der Waals surface area contributed by atoms with Crippen LogP contribution in [0.4, 0.5) is 26.3 Å². The first-order valence-electron chi connectivity index (χ1n) is 9.17. The van der Waals surface area contributed by atoms with E-state index in [1.165, 1.54) is 18.5 Å². The average Bonchev–Trinajstić information content (AvgIpc) is 3.35. The Balaban J connectivity index is 2.04. The summed E-state index contributed by atoms with van der Waals surface area (Å²) in [4.78, 5) is 7.63. The van der Waals surface area contributed by atoms with Crippen LogP contribution in [0.1, 0.15) is 31.1 Å². The lowest BCUT2D eigenvalue weighted by Gasteiger charge is -2.14. The standard InChI is InChI=1S/C18H16F6N6OS2/c1-4-33(31)15(27-16(32)30-6-5-12(28-30)17(19,20)21)9(2)14-26-10-7-13(18(22,23)24)25-8-11(10)29(14)3/h5-8H,4H2,1-3H3,(H,27,32)/b15-9-. The van der Waals surface area contributed by atoms with Crippen molar-refractivity contribution in [1.29, 1.82) is 0 Å². The fraction of sp³-hybridized carbons (Fsp3) is 0.333. The number of aryl methyl sites for hydroxylation is 1. The molecule has 0 saturated carbocycles. The Labute approximate surface area is 191 Å². The zero-order chi connectivity index (χ0) is 24.7. The summed E-state index contributed by atoms with van der Waals surface area (Å²) in [5.74, 6) is 0.300. The highest BCUT2D eigenvalue weighted by Gasteiger charge is 2.34. The van der Waals surface area contributed by atoms with Gasteiger partial charge < -0.3 is 9.88 Å². The van der Waals surface area contributed by atoms with Crippen LogP contribution in [0.5, 0.6) is 0 Å². The molecule has 178 valence electrons. The van der Waals surface area contributed by atoms with E-state index in [4.69, 9.17) is 12.2 Å². The van der Waals surface area contributed by atoms with Crippen LogP contribution in [0, 0.1) is 0 Å². The van der Waals surface area contributed by atoms with Gasteiger partial charge >= 0.3 is 12.4 Å². The predicted octanol–water partition coefficient (Wildman–Crippen LogP) is 4.08. The Kier molecular flexibility index (Phi) is 6.66. The fourth-order valence-corrected chi connectivity index (χ4v) is 4.09. The van der Waals surface area contributed by atoms with Crippen molar-refractivity contribution in [3.63, 3.8) is 0 Å². The van der Waals surface area contributed by atoms with Gasteiger partial charge in [-0.2, -0.15) is 31.4 Å². The van der Waals surface area contributed by atoms with Gasteiger partial charge in [0, 0.05) is 24.6 Å². The molecule has 0 aliphatic rings. The number of hydrogen-bond acceptors (Lipinski definition) is 5. The third kappa shape index (κ3) is 5.08. The molecule has 0 aliphatic carbocycles. The molecule has 1 N–H and O–H groups in total. The lowest BCUT2D eigenvalue weighted by Crippen LogP contribution is -2.31. The largest absolute Gasteiger partial charge is 0.435 e. The van der Waals surface area contributed by atoms with Gasteiger partial charge in [-0.15, -0.1) is 0 Å². The Morgan fingerprint density at radius 1 is 1.18 bits per heavy atom. The van der Waals surface area contributed by atoms with Crippen LogP contribution in [0.25, 0.3) is 16.6 Å².